The molecule has 0 aliphatic rings. The van der Waals surface area contributed by atoms with Gasteiger partial charge in [-0.3, -0.25) is 0 Å². The maximum absolute atomic E-state index is 8.25. The molecule has 0 spiro atoms. The molecule has 0 atom stereocenters. The van der Waals surface area contributed by atoms with E-state index in [0.29, 0.717) is 0 Å². The van der Waals surface area contributed by atoms with Crippen molar-refractivity contribution in [3.05, 3.63) is 0 Å². The van der Waals surface area contributed by atoms with Gasteiger partial charge in [-0.2, -0.15) is 0 Å². The molecule has 2 nitrogen and oxygen atoms in total. The summed E-state index contributed by atoms with van der Waals surface area (Å²) in [5.74, 6) is 0. The van der Waals surface area contributed by atoms with Gasteiger partial charge in [0, 0.05) is 0 Å². The summed E-state index contributed by atoms with van der Waals surface area (Å²) in [6.45, 7) is 0. The van der Waals surface area contributed by atoms with Gasteiger partial charge in [-0.05, 0) is 0 Å². The van der Waals surface area contributed by atoms with Crippen LogP contribution in [0.15, 0.2) is 0 Å². The molecule has 0 N–H and O–H groups in total. The third kappa shape index (κ3) is 14.4. The predicted octanol–water partition coefficient (Wildman–Crippen LogP) is -0.243. The van der Waals surface area contributed by atoms with Crippen molar-refractivity contribution in [2.75, 3.05) is 0 Å². The normalized spacial score (nSPS) is 2.25. The Morgan fingerprint density at radius 2 is 1.25 bits per heavy atom. The molecule has 0 aromatic carbocycles. The Balaban J connectivity index is 0. The van der Waals surface area contributed by atoms with Crippen molar-refractivity contribution in [1.82, 2.24) is 0 Å². The van der Waals surface area contributed by atoms with E-state index in [1.807, 2.05) is 0 Å². The topological polar surface area (TPSA) is 34.1 Å². The predicted molar refractivity (Wildman–Crippen MR) is 1.37 cm³/mol. The van der Waals surface area contributed by atoms with Crippen LogP contribution in [-0.4, -0.2) is 0 Å². The molecule has 0 unspecified atom stereocenters. The van der Waals surface area contributed by atoms with E-state index in [0.717, 1.165) is 18.9 Å². The molecular formula is CrIrO2. The van der Waals surface area contributed by atoms with E-state index in [-0.39, 0.29) is 0 Å². The van der Waals surface area contributed by atoms with E-state index in [1.165, 1.54) is 16.2 Å². The fourth-order valence-corrected chi connectivity index (χ4v) is 0. The molecule has 0 aromatic rings. The van der Waals surface area contributed by atoms with Crippen LogP contribution < -0.4 is 0 Å². The molecule has 0 fully saturated rings. The summed E-state index contributed by atoms with van der Waals surface area (Å²) in [5.41, 5.74) is 0. The van der Waals surface area contributed by atoms with Crippen molar-refractivity contribution >= 4 is 0 Å². The zero-order chi connectivity index (χ0) is 4.00. The summed E-state index contributed by atoms with van der Waals surface area (Å²) < 4.78 is 16.4. The van der Waals surface area contributed by atoms with Gasteiger partial charge in [0.2, 0.25) is 0 Å². The SMILES string of the molecule is [O]=[Cr].[O]=[Ir]. The van der Waals surface area contributed by atoms with Crippen molar-refractivity contribution in [3.63, 3.8) is 0 Å². The second-order valence-corrected chi connectivity index (χ2v) is 0. The molecule has 0 rings (SSSR count). The summed E-state index contributed by atoms with van der Waals surface area (Å²) in [6, 6.07) is 0. The van der Waals surface area contributed by atoms with Crippen LogP contribution in [-0.2, 0) is 42.4 Å². The fraction of sp³-hybridized carbons (Fsp3) is 0. The molecule has 0 bridgehead atoms. The third-order valence-electron chi connectivity index (χ3n) is 0. The summed E-state index contributed by atoms with van der Waals surface area (Å²) in [6.07, 6.45) is 0. The van der Waals surface area contributed by atoms with Gasteiger partial charge in [-0.25, -0.2) is 0 Å². The Hall–Kier alpha value is 0.782. The van der Waals surface area contributed by atoms with Crippen LogP contribution in [0.3, 0.4) is 0 Å². The molecule has 0 heterocycles. The van der Waals surface area contributed by atoms with E-state index < -0.39 is 0 Å². The Bertz CT molecular complexity index is 8.00. The van der Waals surface area contributed by atoms with Crippen LogP contribution in [0.1, 0.15) is 0 Å². The quantitative estimate of drug-likeness (QED) is 0.612. The number of rotatable bonds is 0. The van der Waals surface area contributed by atoms with Crippen molar-refractivity contribution in [2.45, 2.75) is 0 Å². The van der Waals surface area contributed by atoms with Gasteiger partial charge in [0.15, 0.2) is 0 Å². The molecule has 0 radical (unpaired) electrons. The molecule has 0 saturated carbocycles. The van der Waals surface area contributed by atoms with Crippen LogP contribution in [0.25, 0.3) is 0 Å². The molecule has 0 aliphatic carbocycles. The zero-order valence-corrected chi connectivity index (χ0v) is 5.23. The first-order valence-corrected chi connectivity index (χ1v) is 1.80. The van der Waals surface area contributed by atoms with Crippen molar-refractivity contribution in [2.24, 2.45) is 0 Å². The van der Waals surface area contributed by atoms with Crippen LogP contribution in [0.4, 0.5) is 0 Å². The first-order chi connectivity index (χ1) is 2.00. The fourth-order valence-electron chi connectivity index (χ4n) is 0. The minimum absolute atomic E-state index is 0.750. The first kappa shape index (κ1) is 8.84. The van der Waals surface area contributed by atoms with Gasteiger partial charge in [0.1, 0.15) is 0 Å². The van der Waals surface area contributed by atoms with Gasteiger partial charge in [0.05, 0.1) is 0 Å². The van der Waals surface area contributed by atoms with Crippen LogP contribution in [0.2, 0.25) is 0 Å². The summed E-state index contributed by atoms with van der Waals surface area (Å²) in [7, 11) is 0. The third-order valence-corrected chi connectivity index (χ3v) is 0. The van der Waals surface area contributed by atoms with E-state index in [9.17, 15) is 0 Å². The second-order valence-electron chi connectivity index (χ2n) is 0. The molecular weight excluding hydrogens is 276 g/mol. The summed E-state index contributed by atoms with van der Waals surface area (Å²) in [4.78, 5) is 0. The van der Waals surface area contributed by atoms with Gasteiger partial charge in [-0.1, -0.05) is 0 Å². The number of hydrogen-bond acceptors (Lipinski definition) is 2. The zero-order valence-electron chi connectivity index (χ0n) is 1.56. The van der Waals surface area contributed by atoms with E-state index >= 15 is 0 Å². The average Bonchev–Trinajstić information content (AvgIpc) is 1.50. The molecule has 0 saturated heterocycles. The van der Waals surface area contributed by atoms with Crippen LogP contribution in [0.5, 0.6) is 0 Å². The Morgan fingerprint density at radius 1 is 1.25 bits per heavy atom. The summed E-state index contributed by atoms with van der Waals surface area (Å²) in [5, 5.41) is 0. The van der Waals surface area contributed by atoms with Crippen molar-refractivity contribution < 1.29 is 42.4 Å². The van der Waals surface area contributed by atoms with Gasteiger partial charge >= 0.3 is 42.4 Å². The van der Waals surface area contributed by atoms with E-state index in [1.54, 1.807) is 0 Å². The maximum atomic E-state index is 8.25. The molecule has 0 amide bonds. The Kier molecular flexibility index (Phi) is 106. The monoisotopic (exact) mass is 277 g/mol. The average molecular weight is 276 g/mol. The standard InChI is InChI=1S/Cr.Ir.2O. The van der Waals surface area contributed by atoms with Crippen LogP contribution in [0, 0.1) is 0 Å². The van der Waals surface area contributed by atoms with E-state index in [2.05, 4.69) is 0 Å². The first-order valence-electron chi connectivity index (χ1n) is 0.303. The Labute approximate surface area is 42.7 Å². The van der Waals surface area contributed by atoms with Crippen molar-refractivity contribution in [1.29, 1.82) is 0 Å². The summed E-state index contributed by atoms with van der Waals surface area (Å²) >= 11 is 2.12. The molecule has 0 aromatic heterocycles. The molecule has 27 valence electrons. The van der Waals surface area contributed by atoms with Crippen molar-refractivity contribution in [3.8, 4) is 0 Å². The molecule has 4 heavy (non-hydrogen) atoms. The molecule has 4 heteroatoms. The van der Waals surface area contributed by atoms with Gasteiger partial charge in [-0.15, -0.1) is 0 Å². The Morgan fingerprint density at radius 3 is 1.25 bits per heavy atom. The minimum atomic E-state index is 0.750. The van der Waals surface area contributed by atoms with Gasteiger partial charge in [0.25, 0.3) is 0 Å². The van der Waals surface area contributed by atoms with Gasteiger partial charge < -0.3 is 0 Å². The van der Waals surface area contributed by atoms with Crippen LogP contribution >= 0.6 is 0 Å². The number of hydrogen-bond donors (Lipinski definition) is 0. The second kappa shape index (κ2) is 47.9. The molecule has 0 aliphatic heterocycles. The van der Waals surface area contributed by atoms with E-state index in [4.69, 9.17) is 7.31 Å².